The fourth-order valence-corrected chi connectivity index (χ4v) is 2.30. The van der Waals surface area contributed by atoms with Gasteiger partial charge in [-0.15, -0.1) is 0 Å². The van der Waals surface area contributed by atoms with Crippen LogP contribution in [0.25, 0.3) is 0 Å². The number of aromatic nitrogens is 2. The first-order valence-electron chi connectivity index (χ1n) is 6.86. The maximum Gasteiger partial charge on any atom is 0.411 e. The molecule has 0 spiro atoms. The van der Waals surface area contributed by atoms with E-state index in [0.29, 0.717) is 32.6 Å². The molecule has 2 rings (SSSR count). The molecule has 1 aromatic rings. The lowest BCUT2D eigenvalue weighted by Crippen LogP contribution is -2.36. The fraction of sp³-hybridized carbons (Fsp3) is 0.692. The molecule has 0 atom stereocenters. The molecule has 0 saturated heterocycles. The van der Waals surface area contributed by atoms with E-state index in [-0.39, 0.29) is 12.2 Å². The third kappa shape index (κ3) is 4.53. The van der Waals surface area contributed by atoms with Crippen LogP contribution < -0.4 is 5.56 Å². The van der Waals surface area contributed by atoms with Crippen molar-refractivity contribution in [1.82, 2.24) is 14.7 Å². The van der Waals surface area contributed by atoms with Gasteiger partial charge in [0, 0.05) is 38.7 Å². The molecule has 21 heavy (non-hydrogen) atoms. The van der Waals surface area contributed by atoms with E-state index >= 15 is 0 Å². The number of fused-ring (bicyclic) bond motifs is 1. The summed E-state index contributed by atoms with van der Waals surface area (Å²) in [6, 6.07) is 1.56. The summed E-state index contributed by atoms with van der Waals surface area (Å²) in [5, 5.41) is 4.29. The Morgan fingerprint density at radius 1 is 1.43 bits per heavy atom. The van der Waals surface area contributed by atoms with Crippen molar-refractivity contribution in [2.45, 2.75) is 32.6 Å². The second-order valence-electron chi connectivity index (χ2n) is 4.96. The second-order valence-corrected chi connectivity index (χ2v) is 4.96. The summed E-state index contributed by atoms with van der Waals surface area (Å²) in [7, 11) is 0. The molecule has 0 aromatic carbocycles. The Kier molecular flexibility index (Phi) is 5.00. The maximum absolute atomic E-state index is 12.0. The van der Waals surface area contributed by atoms with Gasteiger partial charge in [0.15, 0.2) is 0 Å². The summed E-state index contributed by atoms with van der Waals surface area (Å²) in [5.74, 6) is 0. The van der Waals surface area contributed by atoms with Gasteiger partial charge in [0.2, 0.25) is 0 Å². The lowest BCUT2D eigenvalue weighted by Gasteiger charge is -2.28. The first kappa shape index (κ1) is 16.0. The molecule has 1 aromatic heterocycles. The lowest BCUT2D eigenvalue weighted by atomic mass is 10.1. The van der Waals surface area contributed by atoms with Crippen molar-refractivity contribution in [3.63, 3.8) is 0 Å². The Balaban J connectivity index is 1.88. The van der Waals surface area contributed by atoms with Gasteiger partial charge in [0.25, 0.3) is 5.56 Å². The van der Waals surface area contributed by atoms with Gasteiger partial charge in [-0.2, -0.15) is 18.3 Å². The molecule has 1 aliphatic rings. The molecule has 5 nitrogen and oxygen atoms in total. The number of ether oxygens (including phenoxy) is 1. The Labute approximate surface area is 120 Å². The topological polar surface area (TPSA) is 47.4 Å². The van der Waals surface area contributed by atoms with E-state index in [9.17, 15) is 18.0 Å². The summed E-state index contributed by atoms with van der Waals surface area (Å²) in [6.07, 6.45) is -3.60. The quantitative estimate of drug-likeness (QED) is 0.767. The van der Waals surface area contributed by atoms with Crippen molar-refractivity contribution in [2.24, 2.45) is 0 Å². The first-order chi connectivity index (χ1) is 9.89. The lowest BCUT2D eigenvalue weighted by molar-refractivity contribution is -0.174. The number of rotatable bonds is 5. The van der Waals surface area contributed by atoms with E-state index in [2.05, 4.69) is 9.84 Å². The molecule has 8 heteroatoms. The molecule has 1 aliphatic heterocycles. The van der Waals surface area contributed by atoms with Crippen molar-refractivity contribution in [1.29, 1.82) is 0 Å². The smallest absolute Gasteiger partial charge is 0.371 e. The Bertz CT molecular complexity index is 542. The van der Waals surface area contributed by atoms with Gasteiger partial charge in [-0.3, -0.25) is 9.69 Å². The molecule has 0 N–H and O–H groups in total. The highest BCUT2D eigenvalue weighted by molar-refractivity contribution is 5.20. The van der Waals surface area contributed by atoms with Crippen LogP contribution in [0, 0.1) is 0 Å². The van der Waals surface area contributed by atoms with E-state index in [1.54, 1.807) is 6.07 Å². The Morgan fingerprint density at radius 2 is 2.19 bits per heavy atom. The van der Waals surface area contributed by atoms with Crippen LogP contribution in [0.3, 0.4) is 0 Å². The third-order valence-corrected chi connectivity index (χ3v) is 3.34. The van der Waals surface area contributed by atoms with Crippen LogP contribution >= 0.6 is 0 Å². The average molecular weight is 305 g/mol. The van der Waals surface area contributed by atoms with Crippen LogP contribution in [0.4, 0.5) is 13.2 Å². The van der Waals surface area contributed by atoms with Gasteiger partial charge < -0.3 is 4.74 Å². The zero-order valence-electron chi connectivity index (χ0n) is 11.8. The van der Waals surface area contributed by atoms with Crippen LogP contribution in [0.2, 0.25) is 0 Å². The van der Waals surface area contributed by atoms with Crippen LogP contribution in [0.5, 0.6) is 0 Å². The van der Waals surface area contributed by atoms with Gasteiger partial charge in [-0.1, -0.05) is 0 Å². The minimum Gasteiger partial charge on any atom is -0.371 e. The minimum absolute atomic E-state index is 0.0221. The molecule has 0 fully saturated rings. The summed E-state index contributed by atoms with van der Waals surface area (Å²) in [6.45, 7) is 2.82. The molecule has 0 amide bonds. The van der Waals surface area contributed by atoms with Crippen LogP contribution in [-0.2, 0) is 24.2 Å². The van der Waals surface area contributed by atoms with Gasteiger partial charge in [-0.05, 0) is 12.5 Å². The standard InChI is InChI=1S/C13H18F3N3O2/c1-2-19-12(20)7-10-8-18(4-3-11(10)17-19)5-6-21-9-13(14,15)16/h7H,2-6,8-9H2,1H3. The van der Waals surface area contributed by atoms with Gasteiger partial charge in [0.1, 0.15) is 6.61 Å². The van der Waals surface area contributed by atoms with Crippen molar-refractivity contribution < 1.29 is 17.9 Å². The molecular weight excluding hydrogens is 287 g/mol. The normalized spacial score (nSPS) is 16.0. The highest BCUT2D eigenvalue weighted by Crippen LogP contribution is 2.16. The van der Waals surface area contributed by atoms with Crippen molar-refractivity contribution in [3.8, 4) is 0 Å². The van der Waals surface area contributed by atoms with E-state index in [1.807, 2.05) is 11.8 Å². The van der Waals surface area contributed by atoms with Crippen LogP contribution in [0.1, 0.15) is 18.2 Å². The Morgan fingerprint density at radius 3 is 2.86 bits per heavy atom. The highest BCUT2D eigenvalue weighted by Gasteiger charge is 2.27. The monoisotopic (exact) mass is 305 g/mol. The summed E-state index contributed by atoms with van der Waals surface area (Å²) in [4.78, 5) is 13.7. The zero-order chi connectivity index (χ0) is 15.5. The van der Waals surface area contributed by atoms with Gasteiger partial charge in [0.05, 0.1) is 12.3 Å². The molecule has 0 radical (unpaired) electrons. The van der Waals surface area contributed by atoms with Crippen molar-refractivity contribution >= 4 is 0 Å². The molecule has 0 unspecified atom stereocenters. The number of hydrogen-bond donors (Lipinski definition) is 0. The van der Waals surface area contributed by atoms with Crippen molar-refractivity contribution in [3.05, 3.63) is 27.7 Å². The van der Waals surface area contributed by atoms with Crippen LogP contribution in [0.15, 0.2) is 10.9 Å². The largest absolute Gasteiger partial charge is 0.411 e. The number of hydrogen-bond acceptors (Lipinski definition) is 4. The van der Waals surface area contributed by atoms with E-state index in [4.69, 9.17) is 0 Å². The second kappa shape index (κ2) is 6.57. The SMILES string of the molecule is CCn1nc2c(cc1=O)CN(CCOCC(F)(F)F)CC2. The summed E-state index contributed by atoms with van der Waals surface area (Å²) >= 11 is 0. The summed E-state index contributed by atoms with van der Waals surface area (Å²) < 4.78 is 41.9. The molecule has 0 saturated carbocycles. The predicted octanol–water partition coefficient (Wildman–Crippen LogP) is 1.20. The maximum atomic E-state index is 12.0. The van der Waals surface area contributed by atoms with E-state index in [1.165, 1.54) is 4.68 Å². The van der Waals surface area contributed by atoms with Crippen molar-refractivity contribution in [2.75, 3.05) is 26.3 Å². The molecule has 0 aliphatic carbocycles. The third-order valence-electron chi connectivity index (χ3n) is 3.34. The fourth-order valence-electron chi connectivity index (χ4n) is 2.30. The molecule has 118 valence electrons. The van der Waals surface area contributed by atoms with Gasteiger partial charge in [-0.25, -0.2) is 4.68 Å². The predicted molar refractivity (Wildman–Crippen MR) is 70.0 cm³/mol. The minimum atomic E-state index is -4.29. The number of alkyl halides is 3. The molecule has 2 heterocycles. The Hall–Kier alpha value is -1.41. The zero-order valence-corrected chi connectivity index (χ0v) is 11.8. The van der Waals surface area contributed by atoms with Gasteiger partial charge >= 0.3 is 6.18 Å². The number of halogens is 3. The van der Waals surface area contributed by atoms with E-state index < -0.39 is 12.8 Å². The average Bonchev–Trinajstić information content (AvgIpc) is 2.41. The first-order valence-corrected chi connectivity index (χ1v) is 6.86. The molecule has 0 bridgehead atoms. The molecular formula is C13H18F3N3O2. The highest BCUT2D eigenvalue weighted by atomic mass is 19.4. The van der Waals surface area contributed by atoms with Crippen LogP contribution in [-0.4, -0.2) is 47.2 Å². The van der Waals surface area contributed by atoms with E-state index in [0.717, 1.165) is 11.3 Å². The number of aryl methyl sites for hydroxylation is 1. The summed E-state index contributed by atoms with van der Waals surface area (Å²) in [5.41, 5.74) is 1.60. The number of nitrogens with zero attached hydrogens (tertiary/aromatic N) is 3.